The van der Waals surface area contributed by atoms with Crippen LogP contribution in [0.25, 0.3) is 0 Å². The van der Waals surface area contributed by atoms with Crippen LogP contribution in [0.5, 0.6) is 0 Å². The van der Waals surface area contributed by atoms with Crippen molar-refractivity contribution < 1.29 is 33.8 Å². The molecule has 2 amide bonds. The third-order valence-electron chi connectivity index (χ3n) is 4.51. The number of carbonyl (C=O) groups is 5. The maximum absolute atomic E-state index is 12.0. The van der Waals surface area contributed by atoms with Crippen molar-refractivity contribution in [1.29, 1.82) is 0 Å². The van der Waals surface area contributed by atoms with E-state index in [0.717, 1.165) is 11.1 Å². The number of nitrogens with one attached hydrogen (secondary N) is 2. The highest BCUT2D eigenvalue weighted by atomic mass is 16.5. The predicted molar refractivity (Wildman–Crippen MR) is 130 cm³/mol. The third kappa shape index (κ3) is 12.8. The van der Waals surface area contributed by atoms with Crippen LogP contribution in [0, 0.1) is 0 Å². The van der Waals surface area contributed by atoms with Crippen molar-refractivity contribution in [3.63, 3.8) is 0 Å². The Morgan fingerprint density at radius 2 is 1.23 bits per heavy atom. The quantitative estimate of drug-likeness (QED) is 0.254. The predicted octanol–water partition coefficient (Wildman–Crippen LogP) is 1.56. The molecular weight excluding hydrogens is 450 g/mol. The lowest BCUT2D eigenvalue weighted by molar-refractivity contribution is -0.146. The van der Waals surface area contributed by atoms with Crippen LogP contribution in [0.1, 0.15) is 24.5 Å². The normalized spacial score (nSPS) is 11.6. The Morgan fingerprint density at radius 3 is 1.63 bits per heavy atom. The summed E-state index contributed by atoms with van der Waals surface area (Å²) in [6.07, 6.45) is 0.118. The number of carboxylic acid groups (broad SMARTS) is 1. The molecule has 0 bridgehead atoms. The minimum Gasteiger partial charge on any atom is -0.480 e. The molecule has 2 atom stereocenters. The molecule has 4 radical (unpaired) electrons. The topological polar surface area (TPSA) is 139 Å². The van der Waals surface area contributed by atoms with Crippen LogP contribution in [0.3, 0.4) is 0 Å². The lowest BCUT2D eigenvalue weighted by atomic mass is 9.98. The number of ketones is 1. The second kappa shape index (κ2) is 15.9. The smallest absolute Gasteiger partial charge is 0.326 e. The Bertz CT molecular complexity index is 988. The van der Waals surface area contributed by atoms with Gasteiger partial charge in [-0.05, 0) is 24.5 Å². The van der Waals surface area contributed by atoms with Crippen molar-refractivity contribution in [2.45, 2.75) is 38.3 Å². The molecule has 0 spiro atoms. The van der Waals surface area contributed by atoms with E-state index in [9.17, 15) is 24.0 Å². The van der Waals surface area contributed by atoms with E-state index in [1.165, 1.54) is 0 Å². The van der Waals surface area contributed by atoms with Crippen LogP contribution >= 0.6 is 0 Å². The Labute approximate surface area is 206 Å². The third-order valence-corrected chi connectivity index (χ3v) is 4.51. The molecule has 11 heteroatoms. The molecule has 3 N–H and O–H groups in total. The van der Waals surface area contributed by atoms with E-state index in [2.05, 4.69) is 10.6 Å². The first-order valence-corrected chi connectivity index (χ1v) is 10.7. The summed E-state index contributed by atoms with van der Waals surface area (Å²) in [5.74, 6) is -3.77. The lowest BCUT2D eigenvalue weighted by Crippen LogP contribution is -2.42. The van der Waals surface area contributed by atoms with E-state index in [4.69, 9.17) is 25.5 Å². The van der Waals surface area contributed by atoms with Gasteiger partial charge < -0.3 is 20.5 Å². The molecule has 180 valence electrons. The Kier molecular flexibility index (Phi) is 13.2. The molecule has 0 aliphatic heterocycles. The van der Waals surface area contributed by atoms with Gasteiger partial charge in [0.05, 0.1) is 12.6 Å². The van der Waals surface area contributed by atoms with E-state index >= 15 is 0 Å². The zero-order valence-corrected chi connectivity index (χ0v) is 19.3. The van der Waals surface area contributed by atoms with Gasteiger partial charge in [-0.25, -0.2) is 4.79 Å². The monoisotopic (exact) mass is 476 g/mol. The van der Waals surface area contributed by atoms with Crippen LogP contribution in [0.2, 0.25) is 0 Å². The molecule has 0 unspecified atom stereocenters. The second-order valence-corrected chi connectivity index (χ2v) is 7.29. The Balaban J connectivity index is 0.000000365. The molecule has 0 saturated heterocycles. The van der Waals surface area contributed by atoms with Gasteiger partial charge >= 0.3 is 11.9 Å². The summed E-state index contributed by atoms with van der Waals surface area (Å²) in [6, 6.07) is 16.4. The summed E-state index contributed by atoms with van der Waals surface area (Å²) in [4.78, 5) is 55.6. The van der Waals surface area contributed by atoms with E-state index in [0.29, 0.717) is 0 Å². The molecule has 0 aliphatic carbocycles. The second-order valence-electron chi connectivity index (χ2n) is 7.29. The van der Waals surface area contributed by atoms with Crippen molar-refractivity contribution in [3.8, 4) is 0 Å². The standard InChI is InChI=1S/C14H16BNO4.C10H10BNO3/c1-2-20-13(18)9-12(17)11(16-14(15)19)8-10-6-4-3-5-7-10;11-10(15)12-8(9(13)14)6-7-4-2-1-3-5-7/h3-7,11H,2,8-9H2,1H3,(H,16,19);1-5,8H,6H2,(H,12,15)(H,13,14)/t11-;8-/m00/s1. The Morgan fingerprint density at radius 1 is 0.800 bits per heavy atom. The number of carboxylic acids is 1. The van der Waals surface area contributed by atoms with E-state index in [1.54, 1.807) is 31.2 Å². The summed E-state index contributed by atoms with van der Waals surface area (Å²) in [7, 11) is 9.93. The van der Waals surface area contributed by atoms with Crippen molar-refractivity contribution in [2.75, 3.05) is 6.61 Å². The number of aliphatic carboxylic acids is 1. The average Bonchev–Trinajstić information content (AvgIpc) is 2.79. The summed E-state index contributed by atoms with van der Waals surface area (Å²) in [6.45, 7) is 1.87. The van der Waals surface area contributed by atoms with Crippen LogP contribution in [0.4, 0.5) is 9.59 Å². The largest absolute Gasteiger partial charge is 0.480 e. The number of benzene rings is 2. The van der Waals surface area contributed by atoms with E-state index in [1.807, 2.05) is 36.4 Å². The highest BCUT2D eigenvalue weighted by molar-refractivity contribution is 6.57. The average molecular weight is 476 g/mol. The van der Waals surface area contributed by atoms with Crippen molar-refractivity contribution in [1.82, 2.24) is 10.6 Å². The van der Waals surface area contributed by atoms with E-state index < -0.39 is 41.4 Å². The summed E-state index contributed by atoms with van der Waals surface area (Å²) in [5.41, 5.74) is 1.70. The SMILES string of the molecule is [B]C(=O)N[C@@H](Cc1ccccc1)C(=O)CC(=O)OCC.[B]C(=O)N[C@@H](Cc1ccccc1)C(=O)O. The Hall–Kier alpha value is -3.88. The van der Waals surface area contributed by atoms with Crippen molar-refractivity contribution in [2.24, 2.45) is 0 Å². The molecule has 0 saturated carbocycles. The van der Waals surface area contributed by atoms with Gasteiger partial charge in [0.15, 0.2) is 17.4 Å². The number of esters is 1. The minimum atomic E-state index is -1.10. The molecule has 0 aromatic heterocycles. The van der Waals surface area contributed by atoms with Crippen molar-refractivity contribution >= 4 is 45.0 Å². The van der Waals surface area contributed by atoms with Gasteiger partial charge in [-0.3, -0.25) is 19.2 Å². The molecule has 2 rings (SSSR count). The maximum Gasteiger partial charge on any atom is 0.326 e. The number of Topliss-reactive ketones (excluding diaryl/α,β-unsaturated/α-hetero) is 1. The fourth-order valence-electron chi connectivity index (χ4n) is 2.97. The molecule has 0 aliphatic rings. The number of rotatable bonds is 11. The fraction of sp³-hybridized carbons (Fsp3) is 0.292. The summed E-state index contributed by atoms with van der Waals surface area (Å²) in [5, 5.41) is 13.3. The summed E-state index contributed by atoms with van der Waals surface area (Å²) >= 11 is 0. The molecule has 2 aromatic rings. The number of ether oxygens (including phenoxy) is 1. The number of hydrogen-bond donors (Lipinski definition) is 3. The van der Waals surface area contributed by atoms with Crippen LogP contribution < -0.4 is 10.6 Å². The fourth-order valence-corrected chi connectivity index (χ4v) is 2.97. The number of amides is 2. The highest BCUT2D eigenvalue weighted by Gasteiger charge is 2.22. The lowest BCUT2D eigenvalue weighted by Gasteiger charge is -2.16. The molecule has 9 nitrogen and oxygen atoms in total. The van der Waals surface area contributed by atoms with Crippen LogP contribution in [-0.2, 0) is 32.0 Å². The van der Waals surface area contributed by atoms with Crippen molar-refractivity contribution in [3.05, 3.63) is 71.8 Å². The van der Waals surface area contributed by atoms with Gasteiger partial charge in [-0.2, -0.15) is 0 Å². The van der Waals surface area contributed by atoms with Gasteiger partial charge in [0.25, 0.3) is 0 Å². The first kappa shape index (κ1) is 29.2. The van der Waals surface area contributed by atoms with Gasteiger partial charge in [0.2, 0.25) is 15.7 Å². The highest BCUT2D eigenvalue weighted by Crippen LogP contribution is 2.06. The minimum absolute atomic E-state index is 0.207. The van der Waals surface area contributed by atoms with E-state index in [-0.39, 0.29) is 25.9 Å². The first-order valence-electron chi connectivity index (χ1n) is 10.7. The number of hydrogen-bond acceptors (Lipinski definition) is 6. The van der Waals surface area contributed by atoms with Gasteiger partial charge in [0.1, 0.15) is 12.5 Å². The molecule has 2 aromatic carbocycles. The van der Waals surface area contributed by atoms with Gasteiger partial charge in [0, 0.05) is 6.42 Å². The van der Waals surface area contributed by atoms with Crippen LogP contribution in [-0.4, -0.2) is 68.8 Å². The first-order chi connectivity index (χ1) is 16.6. The maximum atomic E-state index is 12.0. The summed E-state index contributed by atoms with van der Waals surface area (Å²) < 4.78 is 4.71. The molecule has 0 heterocycles. The molecule has 35 heavy (non-hydrogen) atoms. The molecular formula is C24H26B2N2O7. The molecule has 0 fully saturated rings. The van der Waals surface area contributed by atoms with Gasteiger partial charge in [-0.15, -0.1) is 0 Å². The zero-order chi connectivity index (χ0) is 26.2. The zero-order valence-electron chi connectivity index (χ0n) is 19.3. The number of carbonyl (C=O) groups excluding carboxylic acids is 4. The van der Waals surface area contributed by atoms with Gasteiger partial charge in [-0.1, -0.05) is 60.7 Å². The van der Waals surface area contributed by atoms with Crippen LogP contribution in [0.15, 0.2) is 60.7 Å².